The molecule has 0 aromatic carbocycles. The van der Waals surface area contributed by atoms with E-state index in [-0.39, 0.29) is 18.3 Å². The molecule has 0 fully saturated rings. The smallest absolute Gasteiger partial charge is 0.413 e. The highest BCUT2D eigenvalue weighted by molar-refractivity contribution is 5.88. The maximum absolute atomic E-state index is 11.0. The normalized spacial score (nSPS) is 9.47. The zero-order chi connectivity index (χ0) is 11.3. The summed E-state index contributed by atoms with van der Waals surface area (Å²) in [5, 5.41) is 2.31. The summed E-state index contributed by atoms with van der Waals surface area (Å²) < 4.78 is 14.0. The minimum Gasteiger partial charge on any atom is -0.463 e. The second kappa shape index (κ2) is 5.04. The standard InChI is InChI=1S/C9H11NO5/c1-3-14-9(12)10-7-5-4-6(15-7)8(11)13-2/h4-5H,3H2,1-2H3,(H,10,12). The van der Waals surface area contributed by atoms with Gasteiger partial charge in [-0.2, -0.15) is 0 Å². The second-order valence-corrected chi connectivity index (χ2v) is 2.50. The first kappa shape index (κ1) is 11.1. The van der Waals surface area contributed by atoms with Crippen molar-refractivity contribution in [3.8, 4) is 0 Å². The van der Waals surface area contributed by atoms with Gasteiger partial charge >= 0.3 is 12.1 Å². The third-order valence-electron chi connectivity index (χ3n) is 1.49. The molecule has 0 unspecified atom stereocenters. The molecular formula is C9H11NO5. The topological polar surface area (TPSA) is 77.8 Å². The average Bonchev–Trinajstić information content (AvgIpc) is 2.65. The van der Waals surface area contributed by atoms with Crippen LogP contribution in [-0.2, 0) is 9.47 Å². The van der Waals surface area contributed by atoms with E-state index < -0.39 is 12.1 Å². The Hall–Kier alpha value is -1.98. The molecule has 15 heavy (non-hydrogen) atoms. The fourth-order valence-corrected chi connectivity index (χ4v) is 0.883. The summed E-state index contributed by atoms with van der Waals surface area (Å²) in [4.78, 5) is 21.9. The highest BCUT2D eigenvalue weighted by Crippen LogP contribution is 2.14. The van der Waals surface area contributed by atoms with E-state index in [0.29, 0.717) is 0 Å². The summed E-state index contributed by atoms with van der Waals surface area (Å²) in [6, 6.07) is 2.83. The molecule has 0 aliphatic heterocycles. The molecule has 1 heterocycles. The van der Waals surface area contributed by atoms with Crippen LogP contribution in [-0.4, -0.2) is 25.8 Å². The van der Waals surface area contributed by atoms with E-state index in [4.69, 9.17) is 4.42 Å². The van der Waals surface area contributed by atoms with Crippen molar-refractivity contribution in [3.63, 3.8) is 0 Å². The Morgan fingerprint density at radius 2 is 2.20 bits per heavy atom. The molecule has 1 amide bonds. The van der Waals surface area contributed by atoms with Crippen LogP contribution in [0.3, 0.4) is 0 Å². The molecule has 0 spiro atoms. The summed E-state index contributed by atoms with van der Waals surface area (Å²) in [5.74, 6) is -0.454. The Labute approximate surface area is 86.2 Å². The quantitative estimate of drug-likeness (QED) is 0.772. The van der Waals surface area contributed by atoms with E-state index >= 15 is 0 Å². The zero-order valence-electron chi connectivity index (χ0n) is 8.40. The molecular weight excluding hydrogens is 202 g/mol. The van der Waals surface area contributed by atoms with Crippen LogP contribution in [0.1, 0.15) is 17.5 Å². The van der Waals surface area contributed by atoms with Crippen molar-refractivity contribution in [3.05, 3.63) is 17.9 Å². The van der Waals surface area contributed by atoms with Crippen molar-refractivity contribution in [2.24, 2.45) is 0 Å². The van der Waals surface area contributed by atoms with Crippen molar-refractivity contribution < 1.29 is 23.5 Å². The zero-order valence-corrected chi connectivity index (χ0v) is 8.40. The van der Waals surface area contributed by atoms with Gasteiger partial charge in [-0.25, -0.2) is 9.59 Å². The van der Waals surface area contributed by atoms with Crippen LogP contribution >= 0.6 is 0 Å². The number of carbonyl (C=O) groups is 2. The molecule has 0 atom stereocenters. The number of hydrogen-bond acceptors (Lipinski definition) is 5. The highest BCUT2D eigenvalue weighted by Gasteiger charge is 2.12. The fourth-order valence-electron chi connectivity index (χ4n) is 0.883. The molecule has 1 rings (SSSR count). The lowest BCUT2D eigenvalue weighted by atomic mass is 10.4. The molecule has 0 saturated heterocycles. The molecule has 82 valence electrons. The highest BCUT2D eigenvalue weighted by atomic mass is 16.6. The SMILES string of the molecule is CCOC(=O)Nc1ccc(C(=O)OC)o1. The number of esters is 1. The van der Waals surface area contributed by atoms with Gasteiger partial charge in [0.2, 0.25) is 11.6 Å². The molecule has 0 saturated carbocycles. The first-order valence-electron chi connectivity index (χ1n) is 4.29. The first-order chi connectivity index (χ1) is 7.17. The van der Waals surface area contributed by atoms with Gasteiger partial charge in [0.15, 0.2) is 0 Å². The first-order valence-corrected chi connectivity index (χ1v) is 4.29. The number of rotatable bonds is 3. The van der Waals surface area contributed by atoms with Crippen LogP contribution in [0.4, 0.5) is 10.7 Å². The largest absolute Gasteiger partial charge is 0.463 e. The van der Waals surface area contributed by atoms with Gasteiger partial charge in [-0.3, -0.25) is 5.32 Å². The summed E-state index contributed by atoms with van der Waals surface area (Å²) in [5.41, 5.74) is 0. The van der Waals surface area contributed by atoms with E-state index in [2.05, 4.69) is 14.8 Å². The van der Waals surface area contributed by atoms with Crippen molar-refractivity contribution in [2.75, 3.05) is 19.0 Å². The van der Waals surface area contributed by atoms with E-state index in [1.165, 1.54) is 19.2 Å². The molecule has 0 aliphatic carbocycles. The van der Waals surface area contributed by atoms with Gasteiger partial charge in [-0.05, 0) is 13.0 Å². The lowest BCUT2D eigenvalue weighted by Crippen LogP contribution is -2.12. The number of anilines is 1. The molecule has 1 N–H and O–H groups in total. The van der Waals surface area contributed by atoms with Gasteiger partial charge in [-0.15, -0.1) is 0 Å². The number of ether oxygens (including phenoxy) is 2. The maximum atomic E-state index is 11.0. The van der Waals surface area contributed by atoms with Crippen LogP contribution in [0.2, 0.25) is 0 Å². The number of carbonyl (C=O) groups excluding carboxylic acids is 2. The summed E-state index contributed by atoms with van der Waals surface area (Å²) >= 11 is 0. The third-order valence-corrected chi connectivity index (χ3v) is 1.49. The van der Waals surface area contributed by atoms with Crippen LogP contribution in [0.5, 0.6) is 0 Å². The van der Waals surface area contributed by atoms with Crippen molar-refractivity contribution in [2.45, 2.75) is 6.92 Å². The number of amides is 1. The van der Waals surface area contributed by atoms with Gasteiger partial charge in [0, 0.05) is 6.07 Å². The van der Waals surface area contributed by atoms with Crippen LogP contribution in [0.25, 0.3) is 0 Å². The minimum atomic E-state index is -0.636. The Bertz CT molecular complexity index is 357. The Morgan fingerprint density at radius 1 is 1.47 bits per heavy atom. The van der Waals surface area contributed by atoms with Gasteiger partial charge < -0.3 is 13.9 Å². The van der Waals surface area contributed by atoms with Gasteiger partial charge in [0.25, 0.3) is 0 Å². The third kappa shape index (κ3) is 3.01. The van der Waals surface area contributed by atoms with Gasteiger partial charge in [-0.1, -0.05) is 0 Å². The molecule has 0 aliphatic rings. The number of methoxy groups -OCH3 is 1. The molecule has 0 radical (unpaired) electrons. The number of furan rings is 1. The van der Waals surface area contributed by atoms with Crippen molar-refractivity contribution >= 4 is 17.9 Å². The Morgan fingerprint density at radius 3 is 2.80 bits per heavy atom. The van der Waals surface area contributed by atoms with Crippen LogP contribution in [0, 0.1) is 0 Å². The molecule has 6 nitrogen and oxygen atoms in total. The van der Waals surface area contributed by atoms with Crippen molar-refractivity contribution in [1.29, 1.82) is 0 Å². The number of nitrogens with one attached hydrogen (secondary N) is 1. The monoisotopic (exact) mass is 213 g/mol. The minimum absolute atomic E-state index is 0.0179. The van der Waals surface area contributed by atoms with E-state index in [0.717, 1.165) is 0 Å². The van der Waals surface area contributed by atoms with Crippen LogP contribution in [0.15, 0.2) is 16.5 Å². The molecule has 6 heteroatoms. The lowest BCUT2D eigenvalue weighted by Gasteiger charge is -2.00. The van der Waals surface area contributed by atoms with Crippen molar-refractivity contribution in [1.82, 2.24) is 0 Å². The average molecular weight is 213 g/mol. The number of hydrogen-bond donors (Lipinski definition) is 1. The summed E-state index contributed by atoms with van der Waals surface area (Å²) in [7, 11) is 1.24. The Balaban J connectivity index is 2.60. The van der Waals surface area contributed by atoms with E-state index in [1.54, 1.807) is 6.92 Å². The molecule has 0 bridgehead atoms. The predicted octanol–water partition coefficient (Wildman–Crippen LogP) is 1.63. The van der Waals surface area contributed by atoms with Crippen LogP contribution < -0.4 is 5.32 Å². The summed E-state index contributed by atoms with van der Waals surface area (Å²) in [6.45, 7) is 1.94. The fraction of sp³-hybridized carbons (Fsp3) is 0.333. The predicted molar refractivity (Wildman–Crippen MR) is 50.7 cm³/mol. The maximum Gasteiger partial charge on any atom is 0.413 e. The van der Waals surface area contributed by atoms with Gasteiger partial charge in [0.05, 0.1) is 13.7 Å². The second-order valence-electron chi connectivity index (χ2n) is 2.50. The van der Waals surface area contributed by atoms with E-state index in [9.17, 15) is 9.59 Å². The molecule has 1 aromatic rings. The molecule has 1 aromatic heterocycles. The Kier molecular flexibility index (Phi) is 3.73. The van der Waals surface area contributed by atoms with E-state index in [1.807, 2.05) is 0 Å². The van der Waals surface area contributed by atoms with Gasteiger partial charge in [0.1, 0.15) is 0 Å². The summed E-state index contributed by atoms with van der Waals surface area (Å²) in [6.07, 6.45) is -0.636. The lowest BCUT2D eigenvalue weighted by molar-refractivity contribution is 0.0566.